The molecule has 3 rings (SSSR count). The van der Waals surface area contributed by atoms with Crippen LogP contribution in [0.4, 0.5) is 10.6 Å². The van der Waals surface area contributed by atoms with E-state index in [0.29, 0.717) is 12.4 Å². The lowest BCUT2D eigenvalue weighted by molar-refractivity contribution is 0.0690. The van der Waals surface area contributed by atoms with Gasteiger partial charge < -0.3 is 14.6 Å². The SMILES string of the molecule is O=C(O)c1ccc2c(n1)N(C(=O)OCc1ccccc1)CCO2. The number of ether oxygens (including phenoxy) is 2. The van der Waals surface area contributed by atoms with Gasteiger partial charge in [0.15, 0.2) is 17.3 Å². The molecule has 0 saturated carbocycles. The minimum atomic E-state index is -1.17. The van der Waals surface area contributed by atoms with E-state index in [4.69, 9.17) is 14.6 Å². The molecular weight excluding hydrogens is 300 g/mol. The number of benzene rings is 1. The maximum absolute atomic E-state index is 12.3. The number of hydrogen-bond acceptors (Lipinski definition) is 5. The van der Waals surface area contributed by atoms with E-state index in [9.17, 15) is 9.59 Å². The van der Waals surface area contributed by atoms with Crippen molar-refractivity contribution in [2.45, 2.75) is 6.61 Å². The standard InChI is InChI=1S/C16H14N2O5/c19-15(20)12-6-7-13-14(17-12)18(8-9-22-13)16(21)23-10-11-4-2-1-3-5-11/h1-7H,8-10H2,(H,19,20). The smallest absolute Gasteiger partial charge is 0.416 e. The van der Waals surface area contributed by atoms with Gasteiger partial charge in [-0.3, -0.25) is 4.90 Å². The highest BCUT2D eigenvalue weighted by Crippen LogP contribution is 2.30. The average molecular weight is 314 g/mol. The number of pyridine rings is 1. The number of anilines is 1. The second-order valence-electron chi connectivity index (χ2n) is 4.86. The summed E-state index contributed by atoms with van der Waals surface area (Å²) in [5.41, 5.74) is 0.705. The summed E-state index contributed by atoms with van der Waals surface area (Å²) in [5, 5.41) is 9.03. The van der Waals surface area contributed by atoms with Gasteiger partial charge in [0.05, 0.1) is 6.54 Å². The number of fused-ring (bicyclic) bond motifs is 1. The molecule has 0 unspecified atom stereocenters. The number of rotatable bonds is 3. The zero-order valence-corrected chi connectivity index (χ0v) is 12.1. The Kier molecular flexibility index (Phi) is 4.09. The van der Waals surface area contributed by atoms with E-state index in [0.717, 1.165) is 5.56 Å². The van der Waals surface area contributed by atoms with Crippen LogP contribution in [0.2, 0.25) is 0 Å². The van der Waals surface area contributed by atoms with Crippen molar-refractivity contribution in [3.63, 3.8) is 0 Å². The van der Waals surface area contributed by atoms with Gasteiger partial charge in [0.1, 0.15) is 13.2 Å². The summed E-state index contributed by atoms with van der Waals surface area (Å²) in [7, 11) is 0. The lowest BCUT2D eigenvalue weighted by atomic mass is 10.2. The van der Waals surface area contributed by atoms with Crippen molar-refractivity contribution in [3.05, 3.63) is 53.7 Å². The van der Waals surface area contributed by atoms with Crippen molar-refractivity contribution in [2.24, 2.45) is 0 Å². The van der Waals surface area contributed by atoms with Crippen LogP contribution >= 0.6 is 0 Å². The Morgan fingerprint density at radius 1 is 1.22 bits per heavy atom. The van der Waals surface area contributed by atoms with E-state index in [1.165, 1.54) is 17.0 Å². The van der Waals surface area contributed by atoms with Gasteiger partial charge in [-0.1, -0.05) is 30.3 Å². The van der Waals surface area contributed by atoms with Crippen molar-refractivity contribution in [2.75, 3.05) is 18.1 Å². The zero-order chi connectivity index (χ0) is 16.2. The fourth-order valence-electron chi connectivity index (χ4n) is 2.19. The Morgan fingerprint density at radius 3 is 2.74 bits per heavy atom. The van der Waals surface area contributed by atoms with E-state index >= 15 is 0 Å². The lowest BCUT2D eigenvalue weighted by Gasteiger charge is -2.27. The molecule has 118 valence electrons. The normalized spacial score (nSPS) is 13.0. The second kappa shape index (κ2) is 6.35. The molecule has 0 aliphatic carbocycles. The van der Waals surface area contributed by atoms with Gasteiger partial charge in [-0.2, -0.15) is 0 Å². The van der Waals surface area contributed by atoms with Gasteiger partial charge in [0.25, 0.3) is 0 Å². The van der Waals surface area contributed by atoms with Gasteiger partial charge in [0, 0.05) is 0 Å². The summed E-state index contributed by atoms with van der Waals surface area (Å²) in [6, 6.07) is 12.1. The van der Waals surface area contributed by atoms with Crippen LogP contribution in [0.1, 0.15) is 16.1 Å². The molecule has 1 amide bonds. The van der Waals surface area contributed by atoms with E-state index in [1.807, 2.05) is 30.3 Å². The van der Waals surface area contributed by atoms with Gasteiger partial charge in [-0.25, -0.2) is 14.6 Å². The minimum absolute atomic E-state index is 0.130. The molecule has 1 aromatic heterocycles. The second-order valence-corrected chi connectivity index (χ2v) is 4.86. The molecule has 0 atom stereocenters. The molecule has 23 heavy (non-hydrogen) atoms. The highest BCUT2D eigenvalue weighted by molar-refractivity contribution is 5.91. The molecular formula is C16H14N2O5. The number of amides is 1. The van der Waals surface area contributed by atoms with Crippen LogP contribution in [-0.2, 0) is 11.3 Å². The third-order valence-electron chi connectivity index (χ3n) is 3.31. The zero-order valence-electron chi connectivity index (χ0n) is 12.1. The highest BCUT2D eigenvalue weighted by Gasteiger charge is 2.27. The Hall–Kier alpha value is -3.09. The summed E-state index contributed by atoms with van der Waals surface area (Å²) in [4.78, 5) is 28.6. The predicted molar refractivity (Wildman–Crippen MR) is 80.7 cm³/mol. The third-order valence-corrected chi connectivity index (χ3v) is 3.31. The van der Waals surface area contributed by atoms with E-state index < -0.39 is 12.1 Å². The number of aromatic carboxylic acids is 1. The predicted octanol–water partition coefficient (Wildman–Crippen LogP) is 2.32. The van der Waals surface area contributed by atoms with Crippen LogP contribution in [0.15, 0.2) is 42.5 Å². The van der Waals surface area contributed by atoms with Gasteiger partial charge in [-0.05, 0) is 17.7 Å². The van der Waals surface area contributed by atoms with Crippen LogP contribution < -0.4 is 9.64 Å². The van der Waals surface area contributed by atoms with Crippen molar-refractivity contribution in [1.82, 2.24) is 4.98 Å². The van der Waals surface area contributed by atoms with E-state index in [-0.39, 0.29) is 24.7 Å². The molecule has 7 nitrogen and oxygen atoms in total. The number of carboxylic acid groups (broad SMARTS) is 1. The van der Waals surface area contributed by atoms with Crippen LogP contribution in [0, 0.1) is 0 Å². The first kappa shape index (κ1) is 14.8. The Morgan fingerprint density at radius 2 is 2.00 bits per heavy atom. The molecule has 1 N–H and O–H groups in total. The first-order chi connectivity index (χ1) is 11.1. The maximum Gasteiger partial charge on any atom is 0.416 e. The van der Waals surface area contributed by atoms with Crippen molar-refractivity contribution in [3.8, 4) is 5.75 Å². The molecule has 2 aromatic rings. The molecule has 0 saturated heterocycles. The molecule has 0 bridgehead atoms. The molecule has 1 aromatic carbocycles. The summed E-state index contributed by atoms with van der Waals surface area (Å²) in [6.07, 6.45) is -0.589. The monoisotopic (exact) mass is 314 g/mol. The van der Waals surface area contributed by atoms with Crippen molar-refractivity contribution >= 4 is 17.9 Å². The van der Waals surface area contributed by atoms with Crippen LogP contribution in [0.25, 0.3) is 0 Å². The fourth-order valence-corrected chi connectivity index (χ4v) is 2.19. The summed E-state index contributed by atoms with van der Waals surface area (Å²) >= 11 is 0. The molecule has 7 heteroatoms. The van der Waals surface area contributed by atoms with E-state index in [2.05, 4.69) is 4.98 Å². The number of carboxylic acids is 1. The molecule has 0 spiro atoms. The largest absolute Gasteiger partial charge is 0.488 e. The highest BCUT2D eigenvalue weighted by atomic mass is 16.6. The number of carbonyl (C=O) groups is 2. The third kappa shape index (κ3) is 3.23. The number of nitrogens with zero attached hydrogens (tertiary/aromatic N) is 2. The first-order valence-corrected chi connectivity index (χ1v) is 7.00. The average Bonchev–Trinajstić information content (AvgIpc) is 2.59. The fraction of sp³-hybridized carbons (Fsp3) is 0.188. The van der Waals surface area contributed by atoms with Gasteiger partial charge in [0.2, 0.25) is 0 Å². The van der Waals surface area contributed by atoms with Crippen LogP contribution in [-0.4, -0.2) is 35.3 Å². The Balaban J connectivity index is 1.77. The van der Waals surface area contributed by atoms with Gasteiger partial charge in [-0.15, -0.1) is 0 Å². The summed E-state index contributed by atoms with van der Waals surface area (Å²) < 4.78 is 10.7. The number of carbonyl (C=O) groups excluding carboxylic acids is 1. The Labute approximate surface area is 132 Å². The number of aromatic nitrogens is 1. The van der Waals surface area contributed by atoms with E-state index in [1.54, 1.807) is 0 Å². The summed E-state index contributed by atoms with van der Waals surface area (Å²) in [6.45, 7) is 0.670. The quantitative estimate of drug-likeness (QED) is 0.935. The summed E-state index contributed by atoms with van der Waals surface area (Å²) in [5.74, 6) is -0.650. The Bertz CT molecular complexity index is 733. The molecule has 0 fully saturated rings. The molecule has 1 aliphatic heterocycles. The van der Waals surface area contributed by atoms with Crippen molar-refractivity contribution in [1.29, 1.82) is 0 Å². The molecule has 0 radical (unpaired) electrons. The van der Waals surface area contributed by atoms with Gasteiger partial charge >= 0.3 is 12.1 Å². The maximum atomic E-state index is 12.3. The number of hydrogen-bond donors (Lipinski definition) is 1. The molecule has 1 aliphatic rings. The lowest BCUT2D eigenvalue weighted by Crippen LogP contribution is -2.39. The topological polar surface area (TPSA) is 89.0 Å². The van der Waals surface area contributed by atoms with Crippen LogP contribution in [0.3, 0.4) is 0 Å². The van der Waals surface area contributed by atoms with Crippen molar-refractivity contribution < 1.29 is 24.2 Å². The van der Waals surface area contributed by atoms with Crippen LogP contribution in [0.5, 0.6) is 5.75 Å². The molecule has 2 heterocycles. The first-order valence-electron chi connectivity index (χ1n) is 7.00. The minimum Gasteiger partial charge on any atom is -0.488 e.